The molecule has 1 N–H and O–H groups in total. The van der Waals surface area contributed by atoms with Crippen molar-refractivity contribution in [3.63, 3.8) is 0 Å². The van der Waals surface area contributed by atoms with E-state index in [9.17, 15) is 4.79 Å². The second-order valence-corrected chi connectivity index (χ2v) is 6.12. The Balaban J connectivity index is 0.000000270. The highest BCUT2D eigenvalue weighted by molar-refractivity contribution is 5.38. The number of hydrogen-bond acceptors (Lipinski definition) is 3. The van der Waals surface area contributed by atoms with Gasteiger partial charge in [0, 0.05) is 5.56 Å². The molecule has 0 aliphatic carbocycles. The summed E-state index contributed by atoms with van der Waals surface area (Å²) in [6.07, 6.45) is 7.81. The van der Waals surface area contributed by atoms with Crippen molar-refractivity contribution in [2.45, 2.75) is 45.1 Å². The Morgan fingerprint density at radius 3 is 2.19 bits per heavy atom. The van der Waals surface area contributed by atoms with E-state index in [1.165, 1.54) is 18.4 Å². The first-order valence-electron chi connectivity index (χ1n) is 7.35. The highest BCUT2D eigenvalue weighted by atomic mass is 16.5. The molecule has 1 aliphatic rings. The van der Waals surface area contributed by atoms with Gasteiger partial charge in [-0.3, -0.25) is 4.79 Å². The number of piperidine rings is 1. The summed E-state index contributed by atoms with van der Waals surface area (Å²) in [7, 11) is 0. The second kappa shape index (κ2) is 8.49. The van der Waals surface area contributed by atoms with Crippen molar-refractivity contribution in [3.8, 4) is 12.3 Å². The van der Waals surface area contributed by atoms with Gasteiger partial charge in [0.05, 0.1) is 0 Å². The molecule has 0 unspecified atom stereocenters. The van der Waals surface area contributed by atoms with E-state index in [4.69, 9.17) is 6.42 Å². The molecule has 0 amide bonds. The molecule has 1 fully saturated rings. The number of nitrogens with one attached hydrogen (secondary N) is 1. The summed E-state index contributed by atoms with van der Waals surface area (Å²) >= 11 is 0. The topological polar surface area (TPSA) is 38.3 Å². The summed E-state index contributed by atoms with van der Waals surface area (Å²) < 4.78 is 4.55. The zero-order valence-electron chi connectivity index (χ0n) is 13.2. The van der Waals surface area contributed by atoms with Crippen molar-refractivity contribution < 1.29 is 9.53 Å². The van der Waals surface area contributed by atoms with Crippen LogP contribution < -0.4 is 5.32 Å². The lowest BCUT2D eigenvalue weighted by Gasteiger charge is -2.22. The van der Waals surface area contributed by atoms with Crippen molar-refractivity contribution in [2.24, 2.45) is 0 Å². The van der Waals surface area contributed by atoms with Crippen LogP contribution in [0.2, 0.25) is 0 Å². The summed E-state index contributed by atoms with van der Waals surface area (Å²) in [4.78, 5) is 9.60. The molecule has 0 radical (unpaired) electrons. The van der Waals surface area contributed by atoms with Crippen LogP contribution in [-0.4, -0.2) is 25.2 Å². The van der Waals surface area contributed by atoms with Crippen LogP contribution in [-0.2, 0) is 9.53 Å². The summed E-state index contributed by atoms with van der Waals surface area (Å²) in [5.74, 6) is 3.37. The molecule has 0 saturated carbocycles. The van der Waals surface area contributed by atoms with Crippen LogP contribution in [0, 0.1) is 12.3 Å². The zero-order valence-corrected chi connectivity index (χ0v) is 13.2. The van der Waals surface area contributed by atoms with Crippen LogP contribution in [0.15, 0.2) is 24.3 Å². The summed E-state index contributed by atoms with van der Waals surface area (Å²) in [6, 6.07) is 8.42. The van der Waals surface area contributed by atoms with Crippen molar-refractivity contribution in [1.29, 1.82) is 0 Å². The van der Waals surface area contributed by atoms with E-state index >= 15 is 0 Å². The van der Waals surface area contributed by atoms with Crippen LogP contribution >= 0.6 is 0 Å². The van der Waals surface area contributed by atoms with E-state index in [1.807, 2.05) is 32.9 Å². The monoisotopic (exact) mass is 287 g/mol. The van der Waals surface area contributed by atoms with Gasteiger partial charge in [-0.05, 0) is 70.3 Å². The fraction of sp³-hybridized carbons (Fsp3) is 0.500. The first-order chi connectivity index (χ1) is 9.96. The maximum atomic E-state index is 9.60. The van der Waals surface area contributed by atoms with E-state index < -0.39 is 0 Å². The lowest BCUT2D eigenvalue weighted by molar-refractivity contribution is -0.138. The molecule has 0 spiro atoms. The van der Waals surface area contributed by atoms with Crippen molar-refractivity contribution in [3.05, 3.63) is 35.4 Å². The molecular formula is C18H25NO2. The molecule has 1 aliphatic heterocycles. The standard InChI is InChI=1S/C13H15N.C5H10O2/c1-2-11-3-5-12(6-4-11)13-7-9-14-10-8-13;1-5(2,3)7-4-6/h1,3-6,13-14H,7-10H2;4H,1-3H3. The predicted molar refractivity (Wildman–Crippen MR) is 86.1 cm³/mol. The van der Waals surface area contributed by atoms with Gasteiger partial charge in [0.25, 0.3) is 6.47 Å². The smallest absolute Gasteiger partial charge is 0.293 e. The predicted octanol–water partition coefficient (Wildman–Crippen LogP) is 3.09. The van der Waals surface area contributed by atoms with E-state index in [1.54, 1.807) is 0 Å². The van der Waals surface area contributed by atoms with E-state index in [2.05, 4.69) is 28.1 Å². The molecule has 3 heteroatoms. The molecule has 1 aromatic rings. The van der Waals surface area contributed by atoms with Crippen LogP contribution in [0.3, 0.4) is 0 Å². The summed E-state index contributed by atoms with van der Waals surface area (Å²) in [6.45, 7) is 8.20. The molecule has 21 heavy (non-hydrogen) atoms. The highest BCUT2D eigenvalue weighted by Crippen LogP contribution is 2.24. The van der Waals surface area contributed by atoms with Crippen LogP contribution in [0.5, 0.6) is 0 Å². The first kappa shape index (κ1) is 17.3. The highest BCUT2D eigenvalue weighted by Gasteiger charge is 2.14. The zero-order chi connectivity index (χ0) is 15.7. The van der Waals surface area contributed by atoms with Crippen LogP contribution in [0.1, 0.15) is 50.7 Å². The Morgan fingerprint density at radius 1 is 1.24 bits per heavy atom. The molecule has 0 aromatic heterocycles. The minimum absolute atomic E-state index is 0.318. The number of terminal acetylenes is 1. The third-order valence-electron chi connectivity index (χ3n) is 3.29. The second-order valence-electron chi connectivity index (χ2n) is 6.12. The van der Waals surface area contributed by atoms with Gasteiger partial charge < -0.3 is 10.1 Å². The number of hydrogen-bond donors (Lipinski definition) is 1. The molecule has 1 heterocycles. The quantitative estimate of drug-likeness (QED) is 0.671. The minimum atomic E-state index is -0.318. The maximum absolute atomic E-state index is 9.60. The first-order valence-corrected chi connectivity index (χ1v) is 7.35. The number of carbonyl (C=O) groups excluding carboxylic acids is 1. The van der Waals surface area contributed by atoms with Crippen molar-refractivity contribution in [1.82, 2.24) is 5.32 Å². The normalized spacial score (nSPS) is 15.3. The Hall–Kier alpha value is -1.79. The maximum Gasteiger partial charge on any atom is 0.293 e. The average molecular weight is 287 g/mol. The number of carbonyl (C=O) groups is 1. The summed E-state index contributed by atoms with van der Waals surface area (Å²) in [5.41, 5.74) is 2.09. The lowest BCUT2D eigenvalue weighted by Crippen LogP contribution is -2.26. The van der Waals surface area contributed by atoms with Crippen molar-refractivity contribution in [2.75, 3.05) is 13.1 Å². The van der Waals surface area contributed by atoms with Gasteiger partial charge in [-0.15, -0.1) is 6.42 Å². The largest absolute Gasteiger partial charge is 0.462 e. The van der Waals surface area contributed by atoms with Crippen LogP contribution in [0.25, 0.3) is 0 Å². The lowest BCUT2D eigenvalue weighted by atomic mass is 9.90. The molecule has 1 aromatic carbocycles. The Morgan fingerprint density at radius 2 is 1.81 bits per heavy atom. The third kappa shape index (κ3) is 6.97. The molecule has 3 nitrogen and oxygen atoms in total. The Labute approximate surface area is 128 Å². The molecule has 114 valence electrons. The van der Waals surface area contributed by atoms with Gasteiger partial charge in [0.2, 0.25) is 0 Å². The molecule has 0 atom stereocenters. The fourth-order valence-electron chi connectivity index (χ4n) is 2.15. The van der Waals surface area contributed by atoms with Gasteiger partial charge in [-0.1, -0.05) is 18.1 Å². The number of benzene rings is 1. The third-order valence-corrected chi connectivity index (χ3v) is 3.29. The van der Waals surface area contributed by atoms with Gasteiger partial charge in [-0.25, -0.2) is 0 Å². The minimum Gasteiger partial charge on any atom is -0.462 e. The summed E-state index contributed by atoms with van der Waals surface area (Å²) in [5, 5.41) is 3.37. The molecular weight excluding hydrogens is 262 g/mol. The molecule has 2 rings (SSSR count). The van der Waals surface area contributed by atoms with Gasteiger partial charge in [0.15, 0.2) is 0 Å². The molecule has 1 saturated heterocycles. The Kier molecular flexibility index (Phi) is 6.98. The average Bonchev–Trinajstić information content (AvgIpc) is 2.48. The van der Waals surface area contributed by atoms with Gasteiger partial charge >= 0.3 is 0 Å². The SMILES string of the molecule is C#Cc1ccc(C2CCNCC2)cc1.CC(C)(C)OC=O. The van der Waals surface area contributed by atoms with Gasteiger partial charge in [0.1, 0.15) is 5.60 Å². The molecule has 0 bridgehead atoms. The van der Waals surface area contributed by atoms with E-state index in [0.717, 1.165) is 24.6 Å². The Bertz CT molecular complexity index is 459. The van der Waals surface area contributed by atoms with E-state index in [-0.39, 0.29) is 5.60 Å². The number of ether oxygens (including phenoxy) is 1. The van der Waals surface area contributed by atoms with Crippen LogP contribution in [0.4, 0.5) is 0 Å². The fourth-order valence-corrected chi connectivity index (χ4v) is 2.15. The van der Waals surface area contributed by atoms with Gasteiger partial charge in [-0.2, -0.15) is 0 Å². The number of rotatable bonds is 2. The van der Waals surface area contributed by atoms with E-state index in [0.29, 0.717) is 6.47 Å². The van der Waals surface area contributed by atoms with Crippen molar-refractivity contribution >= 4 is 6.47 Å².